The van der Waals surface area contributed by atoms with E-state index in [0.29, 0.717) is 36.1 Å². The highest BCUT2D eigenvalue weighted by molar-refractivity contribution is 6.31. The van der Waals surface area contributed by atoms with Crippen molar-refractivity contribution in [1.82, 2.24) is 5.32 Å². The van der Waals surface area contributed by atoms with Gasteiger partial charge in [-0.25, -0.2) is 0 Å². The van der Waals surface area contributed by atoms with E-state index in [4.69, 9.17) is 21.1 Å². The van der Waals surface area contributed by atoms with Gasteiger partial charge in [0.05, 0.1) is 6.61 Å². The van der Waals surface area contributed by atoms with Crippen molar-refractivity contribution >= 4 is 17.5 Å². The number of hydrogen-bond acceptors (Lipinski definition) is 3. The van der Waals surface area contributed by atoms with Crippen LogP contribution in [-0.4, -0.2) is 12.5 Å². The van der Waals surface area contributed by atoms with Gasteiger partial charge in [-0.15, -0.1) is 0 Å². The van der Waals surface area contributed by atoms with Gasteiger partial charge in [-0.05, 0) is 48.9 Å². The molecular formula is C23H22ClNO3. The molecule has 0 heterocycles. The lowest BCUT2D eigenvalue weighted by atomic mass is 10.1. The zero-order valence-corrected chi connectivity index (χ0v) is 16.4. The zero-order valence-electron chi connectivity index (χ0n) is 15.7. The summed E-state index contributed by atoms with van der Waals surface area (Å²) in [5.41, 5.74) is 2.41. The van der Waals surface area contributed by atoms with Crippen LogP contribution in [0, 0.1) is 0 Å². The fraction of sp³-hybridized carbons (Fsp3) is 0.174. The molecule has 0 aliphatic heterocycles. The van der Waals surface area contributed by atoms with Crippen molar-refractivity contribution < 1.29 is 14.3 Å². The van der Waals surface area contributed by atoms with Crippen LogP contribution in [-0.2, 0) is 13.2 Å². The molecule has 4 nitrogen and oxygen atoms in total. The average molecular weight is 396 g/mol. The number of amides is 1. The summed E-state index contributed by atoms with van der Waals surface area (Å²) in [6, 6.07) is 22.3. The van der Waals surface area contributed by atoms with Crippen LogP contribution in [0.1, 0.15) is 28.4 Å². The highest BCUT2D eigenvalue weighted by atomic mass is 35.5. The van der Waals surface area contributed by atoms with E-state index in [1.165, 1.54) is 0 Å². The van der Waals surface area contributed by atoms with Crippen LogP contribution < -0.4 is 14.8 Å². The summed E-state index contributed by atoms with van der Waals surface area (Å²) < 4.78 is 11.3. The van der Waals surface area contributed by atoms with Gasteiger partial charge in [-0.3, -0.25) is 4.79 Å². The maximum atomic E-state index is 12.5. The number of nitrogens with one attached hydrogen (secondary N) is 1. The van der Waals surface area contributed by atoms with Gasteiger partial charge in [0, 0.05) is 22.7 Å². The van der Waals surface area contributed by atoms with Crippen LogP contribution in [0.15, 0.2) is 72.8 Å². The molecule has 3 aromatic carbocycles. The molecule has 0 aliphatic rings. The topological polar surface area (TPSA) is 47.6 Å². The van der Waals surface area contributed by atoms with Crippen molar-refractivity contribution in [2.75, 3.05) is 6.61 Å². The Balaban J connectivity index is 1.59. The van der Waals surface area contributed by atoms with Crippen LogP contribution in [0.3, 0.4) is 0 Å². The molecule has 0 aliphatic carbocycles. The van der Waals surface area contributed by atoms with Crippen LogP contribution in [0.5, 0.6) is 11.5 Å². The van der Waals surface area contributed by atoms with E-state index >= 15 is 0 Å². The first-order valence-corrected chi connectivity index (χ1v) is 9.49. The first-order valence-electron chi connectivity index (χ1n) is 9.12. The number of halogens is 1. The molecule has 0 atom stereocenters. The lowest BCUT2D eigenvalue weighted by Crippen LogP contribution is -2.22. The van der Waals surface area contributed by atoms with E-state index in [0.717, 1.165) is 16.9 Å². The summed E-state index contributed by atoms with van der Waals surface area (Å²) >= 11 is 6.15. The van der Waals surface area contributed by atoms with Crippen molar-refractivity contribution in [3.63, 3.8) is 0 Å². The quantitative estimate of drug-likeness (QED) is 0.566. The first kappa shape index (κ1) is 19.8. The number of carbonyl (C=O) groups excluding carboxylic acids is 1. The fourth-order valence-electron chi connectivity index (χ4n) is 2.70. The van der Waals surface area contributed by atoms with Crippen LogP contribution in [0.25, 0.3) is 0 Å². The van der Waals surface area contributed by atoms with E-state index < -0.39 is 0 Å². The number of hydrogen-bond donors (Lipinski definition) is 1. The van der Waals surface area contributed by atoms with Crippen LogP contribution in [0.4, 0.5) is 0 Å². The molecule has 3 aromatic rings. The maximum absolute atomic E-state index is 12.5. The normalized spacial score (nSPS) is 10.4. The molecule has 1 N–H and O–H groups in total. The molecule has 1 amide bonds. The van der Waals surface area contributed by atoms with Gasteiger partial charge in [0.2, 0.25) is 0 Å². The maximum Gasteiger partial charge on any atom is 0.251 e. The van der Waals surface area contributed by atoms with Crippen molar-refractivity contribution in [3.8, 4) is 11.5 Å². The van der Waals surface area contributed by atoms with Crippen molar-refractivity contribution in [3.05, 3.63) is 94.5 Å². The molecule has 144 valence electrons. The van der Waals surface area contributed by atoms with Gasteiger partial charge in [0.25, 0.3) is 5.91 Å². The summed E-state index contributed by atoms with van der Waals surface area (Å²) in [5.74, 6) is 1.25. The fourth-order valence-corrected chi connectivity index (χ4v) is 2.89. The van der Waals surface area contributed by atoms with Gasteiger partial charge in [-0.2, -0.15) is 0 Å². The van der Waals surface area contributed by atoms with Gasteiger partial charge in [0.15, 0.2) is 0 Å². The van der Waals surface area contributed by atoms with Gasteiger partial charge < -0.3 is 14.8 Å². The molecule has 0 unspecified atom stereocenters. The Morgan fingerprint density at radius 2 is 1.68 bits per heavy atom. The third-order valence-electron chi connectivity index (χ3n) is 4.11. The predicted octanol–water partition coefficient (Wildman–Crippen LogP) is 5.25. The molecule has 0 bridgehead atoms. The van der Waals surface area contributed by atoms with Crippen LogP contribution >= 0.6 is 11.6 Å². The Morgan fingerprint density at radius 1 is 0.929 bits per heavy atom. The Bertz CT molecular complexity index is 942. The van der Waals surface area contributed by atoms with Crippen molar-refractivity contribution in [2.45, 2.75) is 20.1 Å². The molecule has 0 spiro atoms. The summed E-state index contributed by atoms with van der Waals surface area (Å²) in [6.45, 7) is 3.31. The smallest absolute Gasteiger partial charge is 0.251 e. The standard InChI is InChI=1S/C23H22ClNO3/c1-2-27-20-10-5-7-17(13-20)15-25-23(26)18-9-6-11-21(14-18)28-16-19-8-3-4-12-22(19)24/h3-14H,2,15-16H2,1H3,(H,25,26). The predicted molar refractivity (Wildman–Crippen MR) is 111 cm³/mol. The number of rotatable bonds is 8. The Kier molecular flexibility index (Phi) is 6.93. The van der Waals surface area contributed by atoms with Gasteiger partial charge in [-0.1, -0.05) is 48.0 Å². The minimum absolute atomic E-state index is 0.162. The van der Waals surface area contributed by atoms with Gasteiger partial charge >= 0.3 is 0 Å². The third-order valence-corrected chi connectivity index (χ3v) is 4.48. The van der Waals surface area contributed by atoms with Crippen molar-refractivity contribution in [2.24, 2.45) is 0 Å². The largest absolute Gasteiger partial charge is 0.494 e. The molecular weight excluding hydrogens is 374 g/mol. The van der Waals surface area contributed by atoms with Gasteiger partial charge in [0.1, 0.15) is 18.1 Å². The van der Waals surface area contributed by atoms with E-state index in [2.05, 4.69) is 5.32 Å². The number of ether oxygens (including phenoxy) is 2. The Labute approximate surface area is 170 Å². The van der Waals surface area contributed by atoms with E-state index in [-0.39, 0.29) is 5.91 Å². The minimum atomic E-state index is -0.162. The highest BCUT2D eigenvalue weighted by Gasteiger charge is 2.08. The summed E-state index contributed by atoms with van der Waals surface area (Å²) in [7, 11) is 0. The lowest BCUT2D eigenvalue weighted by molar-refractivity contribution is 0.0950. The second kappa shape index (κ2) is 9.81. The monoisotopic (exact) mass is 395 g/mol. The third kappa shape index (κ3) is 5.51. The van der Waals surface area contributed by atoms with Crippen LogP contribution in [0.2, 0.25) is 5.02 Å². The van der Waals surface area contributed by atoms with E-state index in [1.807, 2.05) is 61.5 Å². The summed E-state index contributed by atoms with van der Waals surface area (Å²) in [4.78, 5) is 12.5. The summed E-state index contributed by atoms with van der Waals surface area (Å²) in [5, 5.41) is 3.58. The number of carbonyl (C=O) groups is 1. The molecule has 5 heteroatoms. The highest BCUT2D eigenvalue weighted by Crippen LogP contribution is 2.20. The molecule has 0 saturated carbocycles. The Hall–Kier alpha value is -2.98. The first-order chi connectivity index (χ1) is 13.7. The average Bonchev–Trinajstić information content (AvgIpc) is 2.72. The summed E-state index contributed by atoms with van der Waals surface area (Å²) in [6.07, 6.45) is 0. The second-order valence-electron chi connectivity index (χ2n) is 6.17. The Morgan fingerprint density at radius 3 is 2.46 bits per heavy atom. The zero-order chi connectivity index (χ0) is 19.8. The molecule has 0 saturated heterocycles. The lowest BCUT2D eigenvalue weighted by Gasteiger charge is -2.10. The molecule has 3 rings (SSSR count). The second-order valence-corrected chi connectivity index (χ2v) is 6.58. The minimum Gasteiger partial charge on any atom is -0.494 e. The number of benzene rings is 3. The molecule has 28 heavy (non-hydrogen) atoms. The van der Waals surface area contributed by atoms with E-state index in [1.54, 1.807) is 18.2 Å². The van der Waals surface area contributed by atoms with Crippen molar-refractivity contribution in [1.29, 1.82) is 0 Å². The van der Waals surface area contributed by atoms with E-state index in [9.17, 15) is 4.79 Å². The molecule has 0 radical (unpaired) electrons. The molecule has 0 fully saturated rings. The molecule has 0 aromatic heterocycles. The SMILES string of the molecule is CCOc1cccc(CNC(=O)c2cccc(OCc3ccccc3Cl)c2)c1.